The monoisotopic (exact) mass is 285 g/mol. The fraction of sp³-hybridized carbons (Fsp3) is 0.500. The summed E-state index contributed by atoms with van der Waals surface area (Å²) in [5.74, 6) is 0. The lowest BCUT2D eigenvalue weighted by Gasteiger charge is -2.32. The van der Waals surface area contributed by atoms with Crippen LogP contribution < -0.4 is 5.73 Å². The highest BCUT2D eigenvalue weighted by Gasteiger charge is 2.29. The zero-order valence-electron chi connectivity index (χ0n) is 13.6. The van der Waals surface area contributed by atoms with Crippen LogP contribution in [0.4, 0.5) is 0 Å². The van der Waals surface area contributed by atoms with Gasteiger partial charge in [0.1, 0.15) is 0 Å². The molecular formula is C18H27N3. The van der Waals surface area contributed by atoms with Gasteiger partial charge in [-0.05, 0) is 25.0 Å². The second-order valence-electron chi connectivity index (χ2n) is 6.44. The van der Waals surface area contributed by atoms with Gasteiger partial charge in [-0.2, -0.15) is 5.10 Å². The molecule has 1 heterocycles. The Morgan fingerprint density at radius 1 is 1.19 bits per heavy atom. The first-order valence-corrected chi connectivity index (χ1v) is 7.80. The van der Waals surface area contributed by atoms with Crippen LogP contribution in [-0.4, -0.2) is 15.8 Å². The first-order chi connectivity index (χ1) is 9.95. The molecule has 0 aliphatic carbocycles. The minimum absolute atomic E-state index is 0.0418. The van der Waals surface area contributed by atoms with Crippen molar-refractivity contribution >= 4 is 0 Å². The maximum absolute atomic E-state index is 6.48. The summed E-state index contributed by atoms with van der Waals surface area (Å²) in [6.07, 6.45) is 3.94. The van der Waals surface area contributed by atoms with E-state index in [1.165, 1.54) is 5.56 Å². The number of hydrogen-bond acceptors (Lipinski definition) is 2. The van der Waals surface area contributed by atoms with Gasteiger partial charge in [-0.3, -0.25) is 4.68 Å². The van der Waals surface area contributed by atoms with Crippen LogP contribution in [0.2, 0.25) is 0 Å². The van der Waals surface area contributed by atoms with Gasteiger partial charge in [0, 0.05) is 30.1 Å². The Morgan fingerprint density at radius 3 is 2.48 bits per heavy atom. The summed E-state index contributed by atoms with van der Waals surface area (Å²) in [4.78, 5) is 0. The predicted molar refractivity (Wildman–Crippen MR) is 88.4 cm³/mol. The minimum atomic E-state index is -0.0680. The fourth-order valence-corrected chi connectivity index (χ4v) is 2.48. The van der Waals surface area contributed by atoms with Crippen LogP contribution >= 0.6 is 0 Å². The molecule has 2 rings (SSSR count). The van der Waals surface area contributed by atoms with Crippen LogP contribution in [0.15, 0.2) is 42.6 Å². The quantitative estimate of drug-likeness (QED) is 0.879. The molecule has 3 heteroatoms. The second kappa shape index (κ2) is 6.44. The van der Waals surface area contributed by atoms with Crippen molar-refractivity contribution in [3.05, 3.63) is 53.9 Å². The number of aromatic nitrogens is 2. The van der Waals surface area contributed by atoms with E-state index in [2.05, 4.69) is 69.3 Å². The average Bonchev–Trinajstić information content (AvgIpc) is 2.95. The van der Waals surface area contributed by atoms with Crippen LogP contribution in [-0.2, 0) is 11.8 Å². The molecule has 0 aliphatic heterocycles. The Hall–Kier alpha value is -1.61. The van der Waals surface area contributed by atoms with E-state index < -0.39 is 0 Å². The van der Waals surface area contributed by atoms with Crippen molar-refractivity contribution in [2.45, 2.75) is 58.0 Å². The number of rotatable bonds is 6. The fourth-order valence-electron chi connectivity index (χ4n) is 2.48. The van der Waals surface area contributed by atoms with Crippen molar-refractivity contribution in [3.8, 4) is 0 Å². The maximum Gasteiger partial charge on any atom is 0.0640 e. The molecular weight excluding hydrogens is 258 g/mol. The first-order valence-electron chi connectivity index (χ1n) is 7.80. The van der Waals surface area contributed by atoms with E-state index in [0.717, 1.165) is 18.5 Å². The number of nitrogens with zero attached hydrogens (tertiary/aromatic N) is 2. The van der Waals surface area contributed by atoms with Gasteiger partial charge in [-0.15, -0.1) is 0 Å². The predicted octanol–water partition coefficient (Wildman–Crippen LogP) is 3.70. The molecule has 21 heavy (non-hydrogen) atoms. The Bertz CT molecular complexity index is 557. The van der Waals surface area contributed by atoms with Crippen molar-refractivity contribution in [1.82, 2.24) is 9.78 Å². The molecule has 114 valence electrons. The van der Waals surface area contributed by atoms with E-state index in [1.807, 2.05) is 10.7 Å². The molecule has 2 N–H and O–H groups in total. The average molecular weight is 285 g/mol. The largest absolute Gasteiger partial charge is 0.327 e. The summed E-state index contributed by atoms with van der Waals surface area (Å²) < 4.78 is 2.04. The molecule has 0 fully saturated rings. The summed E-state index contributed by atoms with van der Waals surface area (Å²) >= 11 is 0. The van der Waals surface area contributed by atoms with E-state index in [9.17, 15) is 0 Å². The van der Waals surface area contributed by atoms with Crippen LogP contribution in [0, 0.1) is 0 Å². The topological polar surface area (TPSA) is 43.8 Å². The van der Waals surface area contributed by atoms with Crippen molar-refractivity contribution in [1.29, 1.82) is 0 Å². The Labute approximate surface area is 128 Å². The van der Waals surface area contributed by atoms with E-state index in [4.69, 9.17) is 5.73 Å². The molecule has 1 aromatic carbocycles. The summed E-state index contributed by atoms with van der Waals surface area (Å²) in [6, 6.07) is 13.1. The zero-order chi connectivity index (χ0) is 15.5. The maximum atomic E-state index is 6.48. The van der Waals surface area contributed by atoms with Gasteiger partial charge in [0.05, 0.1) is 5.69 Å². The van der Waals surface area contributed by atoms with Crippen LogP contribution in [0.3, 0.4) is 0 Å². The lowest BCUT2D eigenvalue weighted by atomic mass is 9.76. The van der Waals surface area contributed by atoms with E-state index in [-0.39, 0.29) is 11.5 Å². The molecule has 0 radical (unpaired) electrons. The summed E-state index contributed by atoms with van der Waals surface area (Å²) in [5.41, 5.74) is 8.77. The molecule has 1 aromatic heterocycles. The van der Waals surface area contributed by atoms with Gasteiger partial charge >= 0.3 is 0 Å². The molecule has 0 spiro atoms. The molecule has 2 atom stereocenters. The van der Waals surface area contributed by atoms with Crippen molar-refractivity contribution in [3.63, 3.8) is 0 Å². The third-order valence-corrected chi connectivity index (χ3v) is 4.58. The zero-order valence-corrected chi connectivity index (χ0v) is 13.6. The molecule has 3 nitrogen and oxygen atoms in total. The minimum Gasteiger partial charge on any atom is -0.327 e. The van der Waals surface area contributed by atoms with Crippen LogP contribution in [0.25, 0.3) is 0 Å². The van der Waals surface area contributed by atoms with Gasteiger partial charge < -0.3 is 5.73 Å². The third kappa shape index (κ3) is 3.53. The highest BCUT2D eigenvalue weighted by molar-refractivity contribution is 5.26. The number of benzene rings is 1. The molecule has 0 saturated heterocycles. The molecule has 2 aromatic rings. The van der Waals surface area contributed by atoms with Crippen LogP contribution in [0.5, 0.6) is 0 Å². The van der Waals surface area contributed by atoms with Gasteiger partial charge in [-0.1, -0.05) is 51.1 Å². The van der Waals surface area contributed by atoms with Gasteiger partial charge in [0.15, 0.2) is 0 Å². The van der Waals surface area contributed by atoms with Crippen molar-refractivity contribution in [2.24, 2.45) is 5.73 Å². The van der Waals surface area contributed by atoms with Gasteiger partial charge in [0.2, 0.25) is 0 Å². The summed E-state index contributed by atoms with van der Waals surface area (Å²) in [5, 5.41) is 4.66. The highest BCUT2D eigenvalue weighted by Crippen LogP contribution is 2.27. The SMILES string of the molecule is CCC(C)n1ccc(CC(N)C(C)(C)c2ccccc2)n1. The lowest BCUT2D eigenvalue weighted by molar-refractivity contribution is 0.399. The molecule has 0 bridgehead atoms. The third-order valence-electron chi connectivity index (χ3n) is 4.58. The van der Waals surface area contributed by atoms with Crippen LogP contribution in [0.1, 0.15) is 51.4 Å². The summed E-state index contributed by atoms with van der Waals surface area (Å²) in [6.45, 7) is 8.78. The second-order valence-corrected chi connectivity index (χ2v) is 6.44. The number of nitrogens with two attached hydrogens (primary N) is 1. The van der Waals surface area contributed by atoms with E-state index in [0.29, 0.717) is 6.04 Å². The molecule has 2 unspecified atom stereocenters. The smallest absolute Gasteiger partial charge is 0.0640 e. The van der Waals surface area contributed by atoms with E-state index in [1.54, 1.807) is 0 Å². The molecule has 0 amide bonds. The van der Waals surface area contributed by atoms with Crippen molar-refractivity contribution < 1.29 is 0 Å². The lowest BCUT2D eigenvalue weighted by Crippen LogP contribution is -2.42. The van der Waals surface area contributed by atoms with Gasteiger partial charge in [-0.25, -0.2) is 0 Å². The Kier molecular flexibility index (Phi) is 4.84. The highest BCUT2D eigenvalue weighted by atomic mass is 15.3. The molecule has 0 saturated carbocycles. The standard InChI is InChI=1S/C18H27N3/c1-5-14(2)21-12-11-16(20-21)13-17(19)18(3,4)15-9-7-6-8-10-15/h6-12,14,17H,5,13,19H2,1-4H3. The van der Waals surface area contributed by atoms with Gasteiger partial charge in [0.25, 0.3) is 0 Å². The molecule has 0 aliphatic rings. The normalized spacial score (nSPS) is 14.9. The first kappa shape index (κ1) is 15.8. The Morgan fingerprint density at radius 2 is 1.86 bits per heavy atom. The Balaban J connectivity index is 2.10. The van der Waals surface area contributed by atoms with Crippen molar-refractivity contribution in [2.75, 3.05) is 0 Å². The summed E-state index contributed by atoms with van der Waals surface area (Å²) in [7, 11) is 0. The van der Waals surface area contributed by atoms with E-state index >= 15 is 0 Å². The number of hydrogen-bond donors (Lipinski definition) is 1.